The normalized spacial score (nSPS) is 17.3. The fraction of sp³-hybridized carbons (Fsp3) is 0.375. The molecule has 0 spiro atoms. The van der Waals surface area contributed by atoms with Gasteiger partial charge in [0.25, 0.3) is 5.91 Å². The number of nitrogens with zero attached hydrogens (tertiary/aromatic N) is 4. The minimum atomic E-state index is -0.526. The van der Waals surface area contributed by atoms with E-state index in [1.807, 2.05) is 17.8 Å². The molecule has 2 aromatic rings. The third-order valence-corrected chi connectivity index (χ3v) is 4.13. The molecule has 0 saturated carbocycles. The van der Waals surface area contributed by atoms with Gasteiger partial charge >= 0.3 is 5.69 Å². The Kier molecular flexibility index (Phi) is 4.94. The number of piperazine rings is 1. The van der Waals surface area contributed by atoms with E-state index in [0.717, 1.165) is 5.82 Å². The molecule has 0 radical (unpaired) electrons. The lowest BCUT2D eigenvalue weighted by molar-refractivity contribution is -0.385. The molecule has 1 atom stereocenters. The SMILES string of the molecule is Cn1ccnc1C1CNCCN1C(=O)COc1ccccc1[N+](=O)[O-]. The van der Waals surface area contributed by atoms with Crippen molar-refractivity contribution in [1.82, 2.24) is 19.8 Å². The second kappa shape index (κ2) is 7.31. The maximum atomic E-state index is 12.6. The van der Waals surface area contributed by atoms with E-state index >= 15 is 0 Å². The predicted molar refractivity (Wildman–Crippen MR) is 89.1 cm³/mol. The molecule has 2 heterocycles. The first-order chi connectivity index (χ1) is 12.1. The number of rotatable bonds is 5. The molecule has 1 fully saturated rings. The minimum Gasteiger partial charge on any atom is -0.477 e. The van der Waals surface area contributed by atoms with Crippen LogP contribution >= 0.6 is 0 Å². The van der Waals surface area contributed by atoms with Crippen molar-refractivity contribution in [3.63, 3.8) is 0 Å². The number of hydrogen-bond donors (Lipinski definition) is 1. The number of ether oxygens (including phenoxy) is 1. The molecule has 1 saturated heterocycles. The molecule has 1 aromatic carbocycles. The Hall–Kier alpha value is -2.94. The Bertz CT molecular complexity index is 775. The van der Waals surface area contributed by atoms with Crippen LogP contribution in [0.3, 0.4) is 0 Å². The first-order valence-electron chi connectivity index (χ1n) is 7.91. The molecule has 3 rings (SSSR count). The zero-order valence-corrected chi connectivity index (χ0v) is 13.8. The summed E-state index contributed by atoms with van der Waals surface area (Å²) in [6, 6.07) is 5.82. The molecule has 0 aliphatic carbocycles. The van der Waals surface area contributed by atoms with Gasteiger partial charge in [-0.05, 0) is 6.07 Å². The number of nitro groups is 1. The topological polar surface area (TPSA) is 103 Å². The molecule has 9 heteroatoms. The number of amides is 1. The summed E-state index contributed by atoms with van der Waals surface area (Å²) < 4.78 is 7.30. The van der Waals surface area contributed by atoms with Crippen molar-refractivity contribution in [2.75, 3.05) is 26.2 Å². The summed E-state index contributed by atoms with van der Waals surface area (Å²) >= 11 is 0. The van der Waals surface area contributed by atoms with Crippen molar-refractivity contribution in [2.45, 2.75) is 6.04 Å². The molecule has 1 unspecified atom stereocenters. The maximum Gasteiger partial charge on any atom is 0.310 e. The van der Waals surface area contributed by atoms with Gasteiger partial charge in [-0.2, -0.15) is 0 Å². The van der Waals surface area contributed by atoms with Crippen molar-refractivity contribution >= 4 is 11.6 Å². The van der Waals surface area contributed by atoms with E-state index in [4.69, 9.17) is 4.74 Å². The van der Waals surface area contributed by atoms with Crippen LogP contribution in [0.4, 0.5) is 5.69 Å². The lowest BCUT2D eigenvalue weighted by Crippen LogP contribution is -2.50. The van der Waals surface area contributed by atoms with Crippen LogP contribution in [0, 0.1) is 10.1 Å². The summed E-state index contributed by atoms with van der Waals surface area (Å²) in [4.78, 5) is 29.2. The van der Waals surface area contributed by atoms with Crippen LogP contribution in [0.5, 0.6) is 5.75 Å². The lowest BCUT2D eigenvalue weighted by Gasteiger charge is -2.35. The van der Waals surface area contributed by atoms with Crippen LogP contribution < -0.4 is 10.1 Å². The van der Waals surface area contributed by atoms with Gasteiger partial charge in [0.05, 0.1) is 4.92 Å². The predicted octanol–water partition coefficient (Wildman–Crippen LogP) is 0.880. The Morgan fingerprint density at radius 3 is 3.00 bits per heavy atom. The largest absolute Gasteiger partial charge is 0.477 e. The second-order valence-electron chi connectivity index (χ2n) is 5.72. The molecule has 1 amide bonds. The van der Waals surface area contributed by atoms with Crippen LogP contribution in [-0.2, 0) is 11.8 Å². The van der Waals surface area contributed by atoms with Gasteiger partial charge in [-0.1, -0.05) is 12.1 Å². The monoisotopic (exact) mass is 345 g/mol. The van der Waals surface area contributed by atoms with Gasteiger partial charge in [0, 0.05) is 45.1 Å². The quantitative estimate of drug-likeness (QED) is 0.637. The fourth-order valence-electron chi connectivity index (χ4n) is 2.88. The number of carbonyl (C=O) groups excluding carboxylic acids is 1. The molecule has 9 nitrogen and oxygen atoms in total. The van der Waals surface area contributed by atoms with Crippen LogP contribution in [0.1, 0.15) is 11.9 Å². The first-order valence-corrected chi connectivity index (χ1v) is 7.91. The van der Waals surface area contributed by atoms with Gasteiger partial charge < -0.3 is 19.5 Å². The van der Waals surface area contributed by atoms with E-state index in [1.54, 1.807) is 23.2 Å². The summed E-state index contributed by atoms with van der Waals surface area (Å²) in [6.07, 6.45) is 3.52. The highest BCUT2D eigenvalue weighted by molar-refractivity contribution is 5.78. The van der Waals surface area contributed by atoms with E-state index in [1.165, 1.54) is 12.1 Å². The Balaban J connectivity index is 1.72. The van der Waals surface area contributed by atoms with Gasteiger partial charge in [-0.25, -0.2) is 4.98 Å². The second-order valence-corrected chi connectivity index (χ2v) is 5.72. The average Bonchev–Trinajstić information content (AvgIpc) is 3.05. The maximum absolute atomic E-state index is 12.6. The van der Waals surface area contributed by atoms with Gasteiger partial charge in [0.2, 0.25) is 0 Å². The van der Waals surface area contributed by atoms with E-state index < -0.39 is 4.92 Å². The number of aromatic nitrogens is 2. The number of imidazole rings is 1. The number of para-hydroxylation sites is 2. The average molecular weight is 345 g/mol. The molecular formula is C16H19N5O4. The van der Waals surface area contributed by atoms with Crippen LogP contribution in [0.15, 0.2) is 36.7 Å². The summed E-state index contributed by atoms with van der Waals surface area (Å²) in [6.45, 7) is 1.54. The molecule has 1 aliphatic heterocycles. The zero-order chi connectivity index (χ0) is 17.8. The van der Waals surface area contributed by atoms with Crippen molar-refractivity contribution < 1.29 is 14.5 Å². The smallest absolute Gasteiger partial charge is 0.310 e. The number of carbonyl (C=O) groups is 1. The van der Waals surface area contributed by atoms with E-state index in [9.17, 15) is 14.9 Å². The highest BCUT2D eigenvalue weighted by Crippen LogP contribution is 2.26. The van der Waals surface area contributed by atoms with Crippen LogP contribution in [0.25, 0.3) is 0 Å². The molecule has 1 N–H and O–H groups in total. The first kappa shape index (κ1) is 16.9. The number of benzene rings is 1. The lowest BCUT2D eigenvalue weighted by atomic mass is 10.1. The molecular weight excluding hydrogens is 326 g/mol. The Morgan fingerprint density at radius 1 is 1.48 bits per heavy atom. The van der Waals surface area contributed by atoms with Crippen LogP contribution in [-0.4, -0.2) is 51.5 Å². The summed E-state index contributed by atoms with van der Waals surface area (Å²) in [7, 11) is 1.88. The number of hydrogen-bond acceptors (Lipinski definition) is 6. The Morgan fingerprint density at radius 2 is 2.28 bits per heavy atom. The molecule has 132 valence electrons. The molecule has 25 heavy (non-hydrogen) atoms. The van der Waals surface area contributed by atoms with Crippen LogP contribution in [0.2, 0.25) is 0 Å². The van der Waals surface area contributed by atoms with Crippen molar-refractivity contribution in [3.05, 3.63) is 52.6 Å². The van der Waals surface area contributed by atoms with E-state index in [2.05, 4.69) is 10.3 Å². The highest BCUT2D eigenvalue weighted by Gasteiger charge is 2.30. The van der Waals surface area contributed by atoms with Gasteiger partial charge in [0.15, 0.2) is 12.4 Å². The summed E-state index contributed by atoms with van der Waals surface area (Å²) in [5, 5.41) is 14.3. The molecule has 1 aromatic heterocycles. The van der Waals surface area contributed by atoms with Gasteiger partial charge in [0.1, 0.15) is 11.9 Å². The van der Waals surface area contributed by atoms with Gasteiger partial charge in [-0.15, -0.1) is 0 Å². The standard InChI is InChI=1S/C16H19N5O4/c1-19-8-7-18-16(19)13-10-17-6-9-20(13)15(22)11-25-14-5-3-2-4-12(14)21(23)24/h2-5,7-8,13,17H,6,9-11H2,1H3. The van der Waals surface area contributed by atoms with E-state index in [0.29, 0.717) is 19.6 Å². The number of aryl methyl sites for hydroxylation is 1. The number of nitrogens with one attached hydrogen (secondary N) is 1. The van der Waals surface area contributed by atoms with Crippen molar-refractivity contribution in [2.24, 2.45) is 7.05 Å². The minimum absolute atomic E-state index is 0.0875. The summed E-state index contributed by atoms with van der Waals surface area (Å²) in [5.74, 6) is 0.642. The molecule has 0 bridgehead atoms. The molecule has 1 aliphatic rings. The Labute approximate surface area is 144 Å². The third kappa shape index (κ3) is 3.61. The van der Waals surface area contributed by atoms with Crippen molar-refractivity contribution in [3.8, 4) is 5.75 Å². The third-order valence-electron chi connectivity index (χ3n) is 4.13. The van der Waals surface area contributed by atoms with Crippen molar-refractivity contribution in [1.29, 1.82) is 0 Å². The number of nitro benzene ring substituents is 1. The summed E-state index contributed by atoms with van der Waals surface area (Å²) in [5.41, 5.74) is -0.156. The van der Waals surface area contributed by atoms with E-state index in [-0.39, 0.29) is 30.0 Å². The zero-order valence-electron chi connectivity index (χ0n) is 13.8. The van der Waals surface area contributed by atoms with Gasteiger partial charge in [-0.3, -0.25) is 14.9 Å². The highest BCUT2D eigenvalue weighted by atomic mass is 16.6. The fourth-order valence-corrected chi connectivity index (χ4v) is 2.88.